The van der Waals surface area contributed by atoms with E-state index in [0.29, 0.717) is 32.4 Å². The number of carbonyl (C=O) groups is 4. The molecule has 4 amide bonds. The summed E-state index contributed by atoms with van der Waals surface area (Å²) in [6.07, 6.45) is 11.9. The molecule has 5 aliphatic rings. The Balaban J connectivity index is 1.08. The van der Waals surface area contributed by atoms with E-state index in [-0.39, 0.29) is 42.6 Å². The lowest BCUT2D eigenvalue weighted by molar-refractivity contribution is -0.141. The van der Waals surface area contributed by atoms with Gasteiger partial charge in [-0.2, -0.15) is 8.42 Å². The molecule has 3 aliphatic heterocycles. The van der Waals surface area contributed by atoms with Crippen molar-refractivity contribution < 1.29 is 32.3 Å². The molecule has 0 spiro atoms. The molecule has 0 radical (unpaired) electrons. The summed E-state index contributed by atoms with van der Waals surface area (Å²) in [7, 11) is -4.37. The second-order valence-corrected chi connectivity index (χ2v) is 17.8. The highest BCUT2D eigenvalue weighted by Crippen LogP contribution is 2.46. The van der Waals surface area contributed by atoms with Gasteiger partial charge in [0, 0.05) is 43.2 Å². The van der Waals surface area contributed by atoms with Gasteiger partial charge >= 0.3 is 16.3 Å². The first-order valence-corrected chi connectivity index (χ1v) is 21.7. The molecule has 55 heavy (non-hydrogen) atoms. The number of hydrogen-bond acceptors (Lipinski definition) is 10. The molecule has 3 aromatic rings. The van der Waals surface area contributed by atoms with Crippen LogP contribution in [0.1, 0.15) is 81.8 Å². The van der Waals surface area contributed by atoms with E-state index < -0.39 is 51.7 Å². The van der Waals surface area contributed by atoms with E-state index in [2.05, 4.69) is 54.2 Å². The molecular formula is C39H47N7O7S2. The molecule has 3 fully saturated rings. The van der Waals surface area contributed by atoms with Gasteiger partial charge in [0.05, 0.1) is 0 Å². The SMILES string of the molecule is O=C(NC1CCCCC/C=C/C2CC2(C(=O)NS(=O)(=O)Nc2nccs2)NC(=O)C2C[C@@H](N3Cc4cccc5cccc(c45)C3)CN2C1=O)OC1CCCC1. The number of aromatic nitrogens is 1. The molecular weight excluding hydrogens is 743 g/mol. The first-order valence-electron chi connectivity index (χ1n) is 19.3. The number of benzene rings is 2. The maximum atomic E-state index is 14.7. The third kappa shape index (κ3) is 8.07. The molecule has 5 atom stereocenters. The highest BCUT2D eigenvalue weighted by molar-refractivity contribution is 7.91. The van der Waals surface area contributed by atoms with Crippen molar-refractivity contribution in [2.45, 2.75) is 113 Å². The van der Waals surface area contributed by atoms with Crippen LogP contribution < -0.4 is 20.1 Å². The number of rotatable bonds is 7. The van der Waals surface area contributed by atoms with Crippen molar-refractivity contribution in [3.63, 3.8) is 0 Å². The molecule has 2 saturated carbocycles. The number of allylic oxidation sites excluding steroid dienone is 1. The largest absolute Gasteiger partial charge is 0.446 e. The average molecular weight is 790 g/mol. The van der Waals surface area contributed by atoms with Crippen molar-refractivity contribution in [2.75, 3.05) is 11.3 Å². The van der Waals surface area contributed by atoms with Gasteiger partial charge in [-0.3, -0.25) is 19.3 Å². The lowest BCUT2D eigenvalue weighted by Gasteiger charge is -2.34. The molecule has 4 heterocycles. The summed E-state index contributed by atoms with van der Waals surface area (Å²) >= 11 is 1.06. The van der Waals surface area contributed by atoms with E-state index in [1.807, 2.05) is 24.3 Å². The summed E-state index contributed by atoms with van der Waals surface area (Å²) < 4.78 is 36.1. The molecule has 2 aliphatic carbocycles. The molecule has 0 bridgehead atoms. The second kappa shape index (κ2) is 15.5. The van der Waals surface area contributed by atoms with E-state index in [9.17, 15) is 27.6 Å². The highest BCUT2D eigenvalue weighted by Gasteiger charge is 2.61. The van der Waals surface area contributed by atoms with Gasteiger partial charge in [0.15, 0.2) is 5.13 Å². The maximum absolute atomic E-state index is 14.7. The lowest BCUT2D eigenvalue weighted by atomic mass is 9.94. The van der Waals surface area contributed by atoms with Crippen molar-refractivity contribution in [1.82, 2.24) is 30.1 Å². The molecule has 16 heteroatoms. The van der Waals surface area contributed by atoms with Gasteiger partial charge in [-0.1, -0.05) is 61.4 Å². The molecule has 4 unspecified atom stereocenters. The number of anilines is 1. The number of carbonyl (C=O) groups excluding carboxylic acids is 4. The number of nitrogens with zero attached hydrogens (tertiary/aromatic N) is 3. The Kier molecular flexibility index (Phi) is 10.6. The van der Waals surface area contributed by atoms with Gasteiger partial charge in [0.25, 0.3) is 5.91 Å². The standard InChI is InChI=1S/C39H47N7O7S2/c47-34-32-20-29(45-22-26-12-8-10-25-11-9-13-27(23-45)33(25)26)24-46(32)35(48)31(41-38(50)53-30-15-6-7-16-30)17-5-3-1-2-4-14-28-21-39(28,42-34)36(49)43-55(51,52)44-37-40-18-19-54-37/h4,8-14,18-19,28-32H,1-3,5-7,15-17,20-24H2,(H,40,44)(H,41,50)(H,42,47)(H,43,49)/b14-4+/t28?,29-,31?,32?,39?/m1/s1. The lowest BCUT2D eigenvalue weighted by Crippen LogP contribution is -2.58. The molecule has 1 aromatic heterocycles. The van der Waals surface area contributed by atoms with E-state index in [1.165, 1.54) is 28.1 Å². The number of alkyl carbamates (subject to hydrolysis) is 1. The minimum atomic E-state index is -4.37. The predicted octanol–water partition coefficient (Wildman–Crippen LogP) is 4.49. The Morgan fingerprint density at radius 2 is 1.73 bits per heavy atom. The molecule has 8 rings (SSSR count). The molecule has 1 saturated heterocycles. The van der Waals surface area contributed by atoms with Crippen LogP contribution in [0.15, 0.2) is 60.1 Å². The maximum Gasteiger partial charge on any atom is 0.408 e. The number of fused-ring (bicyclic) bond motifs is 2. The first kappa shape index (κ1) is 37.4. The van der Waals surface area contributed by atoms with Gasteiger partial charge in [-0.15, -0.1) is 11.3 Å². The van der Waals surface area contributed by atoms with Crippen molar-refractivity contribution in [1.29, 1.82) is 0 Å². The molecule has 4 N–H and O–H groups in total. The number of nitrogens with one attached hydrogen (secondary N) is 4. The first-order chi connectivity index (χ1) is 26.6. The Labute approximate surface area is 324 Å². The summed E-state index contributed by atoms with van der Waals surface area (Å²) in [5.74, 6) is -2.24. The fourth-order valence-electron chi connectivity index (χ4n) is 8.84. The van der Waals surface area contributed by atoms with Crippen LogP contribution >= 0.6 is 11.3 Å². The smallest absolute Gasteiger partial charge is 0.408 e. The van der Waals surface area contributed by atoms with Gasteiger partial charge < -0.3 is 20.3 Å². The van der Waals surface area contributed by atoms with E-state index in [1.54, 1.807) is 10.3 Å². The predicted molar refractivity (Wildman–Crippen MR) is 207 cm³/mol. The van der Waals surface area contributed by atoms with Crippen LogP contribution in [-0.2, 0) is 42.4 Å². The topological polar surface area (TPSA) is 179 Å². The van der Waals surface area contributed by atoms with E-state index >= 15 is 0 Å². The van der Waals surface area contributed by atoms with Crippen LogP contribution in [0.3, 0.4) is 0 Å². The van der Waals surface area contributed by atoms with Crippen molar-refractivity contribution in [2.24, 2.45) is 5.92 Å². The van der Waals surface area contributed by atoms with Crippen LogP contribution in [0, 0.1) is 5.92 Å². The van der Waals surface area contributed by atoms with Gasteiger partial charge in [0.1, 0.15) is 23.7 Å². The Morgan fingerprint density at radius 1 is 0.982 bits per heavy atom. The third-order valence-corrected chi connectivity index (χ3v) is 13.5. The monoisotopic (exact) mass is 789 g/mol. The minimum Gasteiger partial charge on any atom is -0.446 e. The number of ether oxygens (including phenoxy) is 1. The minimum absolute atomic E-state index is 0.0918. The zero-order valence-corrected chi connectivity index (χ0v) is 32.2. The summed E-state index contributed by atoms with van der Waals surface area (Å²) in [6.45, 7) is 1.50. The van der Waals surface area contributed by atoms with Crippen LogP contribution in [0.5, 0.6) is 0 Å². The van der Waals surface area contributed by atoms with Crippen molar-refractivity contribution >= 4 is 61.3 Å². The molecule has 292 valence electrons. The van der Waals surface area contributed by atoms with Gasteiger partial charge in [-0.25, -0.2) is 19.2 Å². The van der Waals surface area contributed by atoms with Crippen LogP contribution in [0.4, 0.5) is 9.93 Å². The second-order valence-electron chi connectivity index (χ2n) is 15.5. The average Bonchev–Trinajstić information content (AvgIpc) is 3.64. The van der Waals surface area contributed by atoms with Crippen molar-refractivity contribution in [3.8, 4) is 0 Å². The van der Waals surface area contributed by atoms with Gasteiger partial charge in [0.2, 0.25) is 11.8 Å². The molecule has 2 aromatic carbocycles. The van der Waals surface area contributed by atoms with Crippen molar-refractivity contribution in [3.05, 3.63) is 71.3 Å². The fraction of sp³-hybridized carbons (Fsp3) is 0.513. The quantitative estimate of drug-likeness (QED) is 0.251. The zero-order valence-electron chi connectivity index (χ0n) is 30.6. The Bertz CT molecular complexity index is 2050. The van der Waals surface area contributed by atoms with Crippen LogP contribution in [-0.4, -0.2) is 83.3 Å². The number of thiazole rings is 1. The van der Waals surface area contributed by atoms with E-state index in [4.69, 9.17) is 4.74 Å². The summed E-state index contributed by atoms with van der Waals surface area (Å²) in [5.41, 5.74) is 0.801. The normalized spacial score (nSPS) is 28.3. The summed E-state index contributed by atoms with van der Waals surface area (Å²) in [5, 5.41) is 9.90. The van der Waals surface area contributed by atoms with Crippen LogP contribution in [0.25, 0.3) is 10.8 Å². The Hall–Kier alpha value is -4.54. The fourth-order valence-corrected chi connectivity index (χ4v) is 10.5. The summed E-state index contributed by atoms with van der Waals surface area (Å²) in [4.78, 5) is 64.1. The number of hydrogen-bond donors (Lipinski definition) is 4. The van der Waals surface area contributed by atoms with Crippen LogP contribution in [0.2, 0.25) is 0 Å². The number of amides is 4. The highest BCUT2D eigenvalue weighted by atomic mass is 32.2. The van der Waals surface area contributed by atoms with E-state index in [0.717, 1.165) is 49.9 Å². The Morgan fingerprint density at radius 3 is 2.45 bits per heavy atom. The third-order valence-electron chi connectivity index (χ3n) is 11.8. The molecule has 14 nitrogen and oxygen atoms in total. The summed E-state index contributed by atoms with van der Waals surface area (Å²) in [6, 6.07) is 10.4. The zero-order chi connectivity index (χ0) is 38.2. The van der Waals surface area contributed by atoms with Gasteiger partial charge in [-0.05, 0) is 79.7 Å².